The number of anilines is 2. The highest BCUT2D eigenvalue weighted by molar-refractivity contribution is 6.35. The lowest BCUT2D eigenvalue weighted by molar-refractivity contribution is 0.0231. The fraction of sp³-hybridized carbons (Fsp3) is 0.417. The number of nitrogens with one attached hydrogen (secondary N) is 1. The molecule has 0 spiro atoms. The van der Waals surface area contributed by atoms with Crippen LogP contribution in [-0.2, 0) is 4.74 Å². The number of piperazine rings is 1. The first-order valence-electron chi connectivity index (χ1n) is 11.7. The molecule has 3 aromatic rings. The maximum absolute atomic E-state index is 13.8. The van der Waals surface area contributed by atoms with E-state index in [0.717, 1.165) is 0 Å². The minimum Gasteiger partial charge on any atom is -0.444 e. The summed E-state index contributed by atoms with van der Waals surface area (Å²) in [6, 6.07) is 6.51. The molecule has 1 aromatic carbocycles. The second-order valence-electron chi connectivity index (χ2n) is 9.60. The Labute approximate surface area is 218 Å². The molecule has 194 valence electrons. The van der Waals surface area contributed by atoms with Crippen molar-refractivity contribution in [2.45, 2.75) is 39.3 Å². The number of nitrogens with two attached hydrogens (primary N) is 1. The number of hydrogen-bond acceptors (Lipinski definition) is 10. The van der Waals surface area contributed by atoms with Gasteiger partial charge in [-0.05, 0) is 39.8 Å². The van der Waals surface area contributed by atoms with Crippen LogP contribution in [0.25, 0.3) is 10.9 Å². The Morgan fingerprint density at radius 1 is 1.24 bits per heavy atom. The molecule has 1 aliphatic heterocycles. The normalized spacial score (nSPS) is 14.8. The molecule has 1 saturated heterocycles. The summed E-state index contributed by atoms with van der Waals surface area (Å²) in [5.74, 6) is 0.650. The van der Waals surface area contributed by atoms with E-state index in [4.69, 9.17) is 27.1 Å². The minimum absolute atomic E-state index is 0.0427. The van der Waals surface area contributed by atoms with Crippen molar-refractivity contribution in [2.24, 2.45) is 0 Å². The fourth-order valence-electron chi connectivity index (χ4n) is 4.05. The zero-order valence-corrected chi connectivity index (χ0v) is 21.8. The predicted octanol–water partition coefficient (Wildman–Crippen LogP) is 2.66. The lowest BCUT2D eigenvalue weighted by Gasteiger charge is -2.38. The third kappa shape index (κ3) is 5.36. The van der Waals surface area contributed by atoms with E-state index in [0.29, 0.717) is 47.9 Å². The molecule has 3 heterocycles. The van der Waals surface area contributed by atoms with E-state index in [9.17, 15) is 14.9 Å². The third-order valence-electron chi connectivity index (χ3n) is 5.77. The van der Waals surface area contributed by atoms with Crippen molar-refractivity contribution in [3.63, 3.8) is 0 Å². The summed E-state index contributed by atoms with van der Waals surface area (Å²) in [6.45, 7) is 8.67. The first-order chi connectivity index (χ1) is 17.5. The van der Waals surface area contributed by atoms with Crippen LogP contribution in [-0.4, -0.2) is 62.4 Å². The van der Waals surface area contributed by atoms with Crippen molar-refractivity contribution in [1.82, 2.24) is 24.5 Å². The molecule has 1 aliphatic rings. The SMILES string of the molecule is CC(Nc1ncnc(N)c1C#N)c1nc2cccc(Cl)c2c(=O)n1N1CCN(C(=O)OC(C)(C)C)CC1. The number of nitrogen functional groups attached to an aromatic ring is 1. The highest BCUT2D eigenvalue weighted by Crippen LogP contribution is 2.25. The van der Waals surface area contributed by atoms with Gasteiger partial charge in [0.2, 0.25) is 0 Å². The van der Waals surface area contributed by atoms with Crippen LogP contribution in [0.3, 0.4) is 0 Å². The van der Waals surface area contributed by atoms with Gasteiger partial charge in [0, 0.05) is 13.1 Å². The summed E-state index contributed by atoms with van der Waals surface area (Å²) in [5, 5.41) is 15.1. The number of fused-ring (bicyclic) bond motifs is 1. The number of amides is 1. The largest absolute Gasteiger partial charge is 0.444 e. The maximum Gasteiger partial charge on any atom is 0.410 e. The number of carbonyl (C=O) groups excluding carboxylic acids is 1. The summed E-state index contributed by atoms with van der Waals surface area (Å²) in [7, 11) is 0. The molecule has 0 bridgehead atoms. The molecular weight excluding hydrogens is 498 g/mol. The van der Waals surface area contributed by atoms with Gasteiger partial charge in [-0.3, -0.25) is 4.79 Å². The fourth-order valence-corrected chi connectivity index (χ4v) is 4.30. The second kappa shape index (κ2) is 10.1. The Balaban J connectivity index is 1.71. The van der Waals surface area contributed by atoms with Gasteiger partial charge in [0.1, 0.15) is 35.2 Å². The lowest BCUT2D eigenvalue weighted by atomic mass is 10.2. The van der Waals surface area contributed by atoms with E-state index in [1.165, 1.54) is 11.0 Å². The zero-order valence-electron chi connectivity index (χ0n) is 21.0. The zero-order chi connectivity index (χ0) is 26.9. The summed E-state index contributed by atoms with van der Waals surface area (Å²) < 4.78 is 6.97. The topological polar surface area (TPSA) is 155 Å². The molecule has 1 amide bonds. The van der Waals surface area contributed by atoms with Gasteiger partial charge in [-0.2, -0.15) is 5.26 Å². The van der Waals surface area contributed by atoms with Crippen LogP contribution in [0.5, 0.6) is 0 Å². The Morgan fingerprint density at radius 2 is 1.95 bits per heavy atom. The maximum atomic E-state index is 13.8. The van der Waals surface area contributed by atoms with Gasteiger partial charge >= 0.3 is 6.09 Å². The van der Waals surface area contributed by atoms with Gasteiger partial charge in [0.25, 0.3) is 5.56 Å². The van der Waals surface area contributed by atoms with Crippen molar-refractivity contribution < 1.29 is 9.53 Å². The number of nitrogens with zero attached hydrogens (tertiary/aromatic N) is 7. The predicted molar refractivity (Wildman–Crippen MR) is 140 cm³/mol. The molecule has 12 nitrogen and oxygen atoms in total. The summed E-state index contributed by atoms with van der Waals surface area (Å²) in [5.41, 5.74) is 5.42. The standard InChI is InChI=1S/C24H28ClN9O3/c1-14(30-20-15(12-26)19(27)28-13-29-20)21-31-17-7-5-6-16(25)18(17)22(35)34(21)33-10-8-32(9-11-33)23(36)37-24(2,3)4/h5-7,13-14H,8-11H2,1-4H3,(H3,27,28,29,30). The van der Waals surface area contributed by atoms with E-state index < -0.39 is 17.7 Å². The Kier molecular flexibility index (Phi) is 7.09. The second-order valence-corrected chi connectivity index (χ2v) is 10.0. The first kappa shape index (κ1) is 26.0. The van der Waals surface area contributed by atoms with Gasteiger partial charge in [-0.25, -0.2) is 24.4 Å². The Hall–Kier alpha value is -4.11. The van der Waals surface area contributed by atoms with Gasteiger partial charge < -0.3 is 25.7 Å². The van der Waals surface area contributed by atoms with E-state index in [2.05, 4.69) is 15.3 Å². The van der Waals surface area contributed by atoms with Crippen molar-refractivity contribution in [1.29, 1.82) is 5.26 Å². The molecule has 1 unspecified atom stereocenters. The van der Waals surface area contributed by atoms with Crippen LogP contribution in [0.1, 0.15) is 45.1 Å². The Morgan fingerprint density at radius 3 is 2.59 bits per heavy atom. The highest BCUT2D eigenvalue weighted by Gasteiger charge is 2.29. The number of hydrogen-bond donors (Lipinski definition) is 2. The molecule has 0 aliphatic carbocycles. The molecule has 3 N–H and O–H groups in total. The number of ether oxygens (including phenoxy) is 1. The molecule has 0 saturated carbocycles. The number of benzene rings is 1. The molecule has 2 aromatic heterocycles. The van der Waals surface area contributed by atoms with Gasteiger partial charge in [0.05, 0.1) is 35.1 Å². The molecular formula is C24H28ClN9O3. The number of rotatable bonds is 4. The quantitative estimate of drug-likeness (QED) is 0.519. The van der Waals surface area contributed by atoms with Gasteiger partial charge in [0.15, 0.2) is 5.82 Å². The number of halogens is 1. The van der Waals surface area contributed by atoms with Crippen LogP contribution < -0.4 is 21.6 Å². The highest BCUT2D eigenvalue weighted by atomic mass is 35.5. The lowest BCUT2D eigenvalue weighted by Crippen LogP contribution is -2.57. The van der Waals surface area contributed by atoms with E-state index in [1.807, 2.05) is 31.8 Å². The van der Waals surface area contributed by atoms with Crippen LogP contribution in [0.15, 0.2) is 29.3 Å². The number of aromatic nitrogens is 4. The summed E-state index contributed by atoms with van der Waals surface area (Å²) >= 11 is 6.39. The average Bonchev–Trinajstić information content (AvgIpc) is 2.83. The Bertz CT molecular complexity index is 1440. The van der Waals surface area contributed by atoms with Gasteiger partial charge in [-0.15, -0.1) is 0 Å². The van der Waals surface area contributed by atoms with Crippen molar-refractivity contribution in [3.8, 4) is 6.07 Å². The number of nitriles is 1. The third-order valence-corrected chi connectivity index (χ3v) is 6.08. The summed E-state index contributed by atoms with van der Waals surface area (Å²) in [6.07, 6.45) is 0.849. The van der Waals surface area contributed by atoms with Crippen molar-refractivity contribution in [2.75, 3.05) is 42.2 Å². The van der Waals surface area contributed by atoms with E-state index >= 15 is 0 Å². The van der Waals surface area contributed by atoms with Crippen molar-refractivity contribution in [3.05, 3.63) is 51.3 Å². The van der Waals surface area contributed by atoms with Crippen LogP contribution in [0, 0.1) is 11.3 Å². The number of carbonyl (C=O) groups is 1. The summed E-state index contributed by atoms with van der Waals surface area (Å²) in [4.78, 5) is 40.7. The van der Waals surface area contributed by atoms with Gasteiger partial charge in [-0.1, -0.05) is 17.7 Å². The van der Waals surface area contributed by atoms with E-state index in [1.54, 1.807) is 30.0 Å². The average molecular weight is 526 g/mol. The molecule has 0 radical (unpaired) electrons. The first-order valence-corrected chi connectivity index (χ1v) is 12.1. The monoisotopic (exact) mass is 525 g/mol. The minimum atomic E-state index is -0.606. The molecule has 13 heteroatoms. The van der Waals surface area contributed by atoms with E-state index in [-0.39, 0.29) is 22.8 Å². The smallest absolute Gasteiger partial charge is 0.410 e. The van der Waals surface area contributed by atoms with Crippen LogP contribution in [0.4, 0.5) is 16.4 Å². The van der Waals surface area contributed by atoms with Crippen LogP contribution in [0.2, 0.25) is 5.02 Å². The molecule has 37 heavy (non-hydrogen) atoms. The molecule has 4 rings (SSSR count). The molecule has 1 atom stereocenters. The molecule has 1 fully saturated rings. The van der Waals surface area contributed by atoms with Crippen LogP contribution >= 0.6 is 11.6 Å². The van der Waals surface area contributed by atoms with Crippen molar-refractivity contribution >= 4 is 40.2 Å².